The van der Waals surface area contributed by atoms with Gasteiger partial charge in [-0.25, -0.2) is 0 Å². The molecule has 0 spiro atoms. The van der Waals surface area contributed by atoms with Crippen LogP contribution in [0.2, 0.25) is 0 Å². The molecule has 0 aromatic heterocycles. The fourth-order valence-corrected chi connectivity index (χ4v) is 2.11. The molecule has 0 saturated heterocycles. The smallest absolute Gasteiger partial charge is 0.156 e. The van der Waals surface area contributed by atoms with E-state index in [1.54, 1.807) is 6.08 Å². The molecule has 0 amide bonds. The zero-order chi connectivity index (χ0) is 8.27. The lowest BCUT2D eigenvalue weighted by Gasteiger charge is -2.07. The van der Waals surface area contributed by atoms with Gasteiger partial charge in [0.25, 0.3) is 0 Å². The van der Waals surface area contributed by atoms with Crippen molar-refractivity contribution in [1.29, 1.82) is 0 Å². The standard InChI is InChI=1S/C9H14OS/c1-3-7(2)11-9-5-4-8(10)6-9/h6-7H,3-5H2,1-2H3. The van der Waals surface area contributed by atoms with Gasteiger partial charge in [-0.15, -0.1) is 11.8 Å². The lowest BCUT2D eigenvalue weighted by atomic mass is 10.3. The third-order valence-electron chi connectivity index (χ3n) is 1.87. The molecular weight excluding hydrogens is 156 g/mol. The van der Waals surface area contributed by atoms with E-state index < -0.39 is 0 Å². The molecule has 1 aliphatic carbocycles. The topological polar surface area (TPSA) is 17.1 Å². The summed E-state index contributed by atoms with van der Waals surface area (Å²) < 4.78 is 0. The van der Waals surface area contributed by atoms with Crippen molar-refractivity contribution >= 4 is 17.5 Å². The van der Waals surface area contributed by atoms with Crippen LogP contribution in [0.25, 0.3) is 0 Å². The Kier molecular flexibility index (Phi) is 3.18. The molecule has 1 nitrogen and oxygen atoms in total. The Bertz CT molecular complexity index is 184. The number of allylic oxidation sites excluding steroid dienone is 2. The highest BCUT2D eigenvalue weighted by Gasteiger charge is 2.13. The van der Waals surface area contributed by atoms with Crippen molar-refractivity contribution in [2.75, 3.05) is 0 Å². The molecule has 11 heavy (non-hydrogen) atoms. The number of carbonyl (C=O) groups is 1. The van der Waals surface area contributed by atoms with Crippen LogP contribution >= 0.6 is 11.8 Å². The van der Waals surface area contributed by atoms with Crippen LogP contribution in [0, 0.1) is 0 Å². The second-order valence-corrected chi connectivity index (χ2v) is 4.48. The Morgan fingerprint density at radius 1 is 1.64 bits per heavy atom. The summed E-state index contributed by atoms with van der Waals surface area (Å²) >= 11 is 1.85. The van der Waals surface area contributed by atoms with E-state index in [0.29, 0.717) is 11.0 Å². The van der Waals surface area contributed by atoms with Crippen molar-refractivity contribution in [3.8, 4) is 0 Å². The Morgan fingerprint density at radius 3 is 2.82 bits per heavy atom. The first-order valence-corrected chi connectivity index (χ1v) is 5.00. The molecule has 0 aliphatic heterocycles. The van der Waals surface area contributed by atoms with Crippen molar-refractivity contribution < 1.29 is 4.79 Å². The monoisotopic (exact) mass is 170 g/mol. The molecular formula is C9H14OS. The lowest BCUT2D eigenvalue weighted by Crippen LogP contribution is -1.91. The van der Waals surface area contributed by atoms with E-state index in [4.69, 9.17) is 0 Å². The Balaban J connectivity index is 2.38. The molecule has 0 aromatic rings. The maximum Gasteiger partial charge on any atom is 0.156 e. The van der Waals surface area contributed by atoms with Crippen LogP contribution in [-0.4, -0.2) is 11.0 Å². The normalized spacial score (nSPS) is 20.2. The molecule has 0 fully saturated rings. The summed E-state index contributed by atoms with van der Waals surface area (Å²) in [6, 6.07) is 0. The number of carbonyl (C=O) groups excluding carboxylic acids is 1. The SMILES string of the molecule is CCC(C)SC1=CC(=O)CC1. The second-order valence-electron chi connectivity index (χ2n) is 2.91. The van der Waals surface area contributed by atoms with E-state index in [1.165, 1.54) is 11.3 Å². The minimum Gasteiger partial charge on any atom is -0.295 e. The Morgan fingerprint density at radius 2 is 2.36 bits per heavy atom. The highest BCUT2D eigenvalue weighted by Crippen LogP contribution is 2.30. The minimum absolute atomic E-state index is 0.302. The average Bonchev–Trinajstić information content (AvgIpc) is 2.35. The molecule has 0 saturated carbocycles. The fourth-order valence-electron chi connectivity index (χ4n) is 1.00. The number of thioether (sulfide) groups is 1. The maximum absolute atomic E-state index is 10.8. The summed E-state index contributed by atoms with van der Waals surface area (Å²) in [5.74, 6) is 0.302. The molecule has 0 heterocycles. The predicted molar refractivity (Wildman–Crippen MR) is 49.7 cm³/mol. The largest absolute Gasteiger partial charge is 0.295 e. The lowest BCUT2D eigenvalue weighted by molar-refractivity contribution is -0.114. The van der Waals surface area contributed by atoms with Crippen LogP contribution in [0.3, 0.4) is 0 Å². The van der Waals surface area contributed by atoms with Gasteiger partial charge in [0.2, 0.25) is 0 Å². The average molecular weight is 170 g/mol. The van der Waals surface area contributed by atoms with Gasteiger partial charge in [0.1, 0.15) is 0 Å². The van der Waals surface area contributed by atoms with E-state index in [0.717, 1.165) is 12.8 Å². The first-order valence-electron chi connectivity index (χ1n) is 4.12. The molecule has 2 heteroatoms. The maximum atomic E-state index is 10.8. The zero-order valence-corrected chi connectivity index (χ0v) is 7.91. The molecule has 0 radical (unpaired) electrons. The zero-order valence-electron chi connectivity index (χ0n) is 7.09. The molecule has 62 valence electrons. The Hall–Kier alpha value is -0.240. The fraction of sp³-hybridized carbons (Fsp3) is 0.667. The number of hydrogen-bond acceptors (Lipinski definition) is 2. The third kappa shape index (κ3) is 2.70. The summed E-state index contributed by atoms with van der Waals surface area (Å²) in [4.78, 5) is 12.1. The van der Waals surface area contributed by atoms with E-state index in [1.807, 2.05) is 11.8 Å². The molecule has 0 N–H and O–H groups in total. The third-order valence-corrected chi connectivity index (χ3v) is 3.23. The highest BCUT2D eigenvalue weighted by molar-refractivity contribution is 8.03. The quantitative estimate of drug-likeness (QED) is 0.648. The van der Waals surface area contributed by atoms with Gasteiger partial charge in [-0.2, -0.15) is 0 Å². The van der Waals surface area contributed by atoms with Crippen molar-refractivity contribution in [3.63, 3.8) is 0 Å². The van der Waals surface area contributed by atoms with Gasteiger partial charge in [-0.05, 0) is 23.8 Å². The molecule has 1 unspecified atom stereocenters. The van der Waals surface area contributed by atoms with Crippen LogP contribution in [-0.2, 0) is 4.79 Å². The molecule has 1 aliphatic rings. The van der Waals surface area contributed by atoms with Gasteiger partial charge < -0.3 is 0 Å². The van der Waals surface area contributed by atoms with Crippen LogP contribution in [0.15, 0.2) is 11.0 Å². The highest BCUT2D eigenvalue weighted by atomic mass is 32.2. The van der Waals surface area contributed by atoms with Gasteiger partial charge in [0.15, 0.2) is 5.78 Å². The van der Waals surface area contributed by atoms with Crippen molar-refractivity contribution in [1.82, 2.24) is 0 Å². The number of hydrogen-bond donors (Lipinski definition) is 0. The summed E-state index contributed by atoms with van der Waals surface area (Å²) in [7, 11) is 0. The van der Waals surface area contributed by atoms with Gasteiger partial charge in [-0.1, -0.05) is 13.8 Å². The Labute approximate surface area is 72.2 Å². The number of rotatable bonds is 3. The van der Waals surface area contributed by atoms with Crippen LogP contribution < -0.4 is 0 Å². The van der Waals surface area contributed by atoms with E-state index in [-0.39, 0.29) is 0 Å². The van der Waals surface area contributed by atoms with Gasteiger partial charge in [-0.3, -0.25) is 4.79 Å². The van der Waals surface area contributed by atoms with Crippen LogP contribution in [0.4, 0.5) is 0 Å². The van der Waals surface area contributed by atoms with E-state index >= 15 is 0 Å². The predicted octanol–water partition coefficient (Wildman–Crippen LogP) is 2.76. The summed E-state index contributed by atoms with van der Waals surface area (Å²) in [5.41, 5.74) is 0. The van der Waals surface area contributed by atoms with Gasteiger partial charge >= 0.3 is 0 Å². The summed E-state index contributed by atoms with van der Waals surface area (Å²) in [6.45, 7) is 4.38. The van der Waals surface area contributed by atoms with Crippen molar-refractivity contribution in [2.45, 2.75) is 38.4 Å². The van der Waals surface area contributed by atoms with Gasteiger partial charge in [0.05, 0.1) is 0 Å². The van der Waals surface area contributed by atoms with Crippen molar-refractivity contribution in [2.24, 2.45) is 0 Å². The minimum atomic E-state index is 0.302. The van der Waals surface area contributed by atoms with Crippen LogP contribution in [0.5, 0.6) is 0 Å². The first-order chi connectivity index (χ1) is 5.22. The van der Waals surface area contributed by atoms with E-state index in [9.17, 15) is 4.79 Å². The second kappa shape index (κ2) is 3.96. The van der Waals surface area contributed by atoms with E-state index in [2.05, 4.69) is 13.8 Å². The molecule has 1 atom stereocenters. The number of ketones is 1. The summed E-state index contributed by atoms with van der Waals surface area (Å²) in [5, 5.41) is 0.659. The summed E-state index contributed by atoms with van der Waals surface area (Å²) in [6.07, 6.45) is 4.69. The molecule has 0 aromatic carbocycles. The van der Waals surface area contributed by atoms with Gasteiger partial charge in [0, 0.05) is 11.7 Å². The first kappa shape index (κ1) is 8.85. The molecule has 1 rings (SSSR count). The van der Waals surface area contributed by atoms with Crippen LogP contribution in [0.1, 0.15) is 33.1 Å². The molecule has 0 bridgehead atoms. The van der Waals surface area contributed by atoms with Crippen molar-refractivity contribution in [3.05, 3.63) is 11.0 Å².